The molecule has 5 heteroatoms. The van der Waals surface area contributed by atoms with Gasteiger partial charge >= 0.3 is 5.97 Å². The second-order valence-corrected chi connectivity index (χ2v) is 6.33. The molecular formula is C17H23NO4. The maximum absolute atomic E-state index is 12.5. The van der Waals surface area contributed by atoms with E-state index in [4.69, 9.17) is 4.74 Å². The second kappa shape index (κ2) is 6.38. The molecule has 2 rings (SSSR count). The molecule has 0 bridgehead atoms. The Morgan fingerprint density at radius 2 is 2.00 bits per heavy atom. The summed E-state index contributed by atoms with van der Waals surface area (Å²) in [7, 11) is 1.62. The number of aliphatic carboxylic acids is 1. The van der Waals surface area contributed by atoms with E-state index in [1.54, 1.807) is 18.9 Å². The van der Waals surface area contributed by atoms with Crippen LogP contribution in [0.2, 0.25) is 0 Å². The lowest BCUT2D eigenvalue weighted by molar-refractivity contribution is -0.147. The summed E-state index contributed by atoms with van der Waals surface area (Å²) in [6.07, 6.45) is 1.16. The molecule has 1 aromatic rings. The zero-order valence-corrected chi connectivity index (χ0v) is 13.3. The van der Waals surface area contributed by atoms with Gasteiger partial charge in [0.2, 0.25) is 5.91 Å². The quantitative estimate of drug-likeness (QED) is 0.905. The molecule has 0 spiro atoms. The van der Waals surface area contributed by atoms with Crippen LogP contribution in [0.3, 0.4) is 0 Å². The Bertz CT molecular complexity index is 554. The zero-order chi connectivity index (χ0) is 16.3. The highest BCUT2D eigenvalue weighted by Crippen LogP contribution is 2.31. The molecule has 1 saturated heterocycles. The van der Waals surface area contributed by atoms with Crippen LogP contribution in [0, 0.1) is 11.3 Å². The molecule has 0 radical (unpaired) electrons. The second-order valence-electron chi connectivity index (χ2n) is 6.33. The Labute approximate surface area is 130 Å². The number of ether oxygens (including phenoxy) is 1. The Balaban J connectivity index is 1.96. The Kier molecular flexibility index (Phi) is 4.74. The van der Waals surface area contributed by atoms with Crippen molar-refractivity contribution in [3.63, 3.8) is 0 Å². The van der Waals surface area contributed by atoms with Crippen LogP contribution in [0.25, 0.3) is 0 Å². The highest BCUT2D eigenvalue weighted by molar-refractivity contribution is 5.82. The standard InChI is InChI=1S/C17H23NO4/c1-12(10-13-4-6-14(22-3)7-5-13)15(19)18-9-8-17(2,11-18)16(20)21/h4-7,12H,8-11H2,1-3H3,(H,20,21). The minimum Gasteiger partial charge on any atom is -0.497 e. The average molecular weight is 305 g/mol. The lowest BCUT2D eigenvalue weighted by Crippen LogP contribution is -2.37. The van der Waals surface area contributed by atoms with Crippen molar-refractivity contribution in [2.24, 2.45) is 11.3 Å². The van der Waals surface area contributed by atoms with Crippen LogP contribution in [-0.2, 0) is 16.0 Å². The fraction of sp³-hybridized carbons (Fsp3) is 0.529. The number of nitrogens with zero attached hydrogens (tertiary/aromatic N) is 1. The van der Waals surface area contributed by atoms with Gasteiger partial charge in [-0.1, -0.05) is 19.1 Å². The summed E-state index contributed by atoms with van der Waals surface area (Å²) in [5, 5.41) is 9.25. The minimum atomic E-state index is -0.828. The molecule has 2 atom stereocenters. The molecule has 22 heavy (non-hydrogen) atoms. The van der Waals surface area contributed by atoms with Crippen molar-refractivity contribution >= 4 is 11.9 Å². The number of methoxy groups -OCH3 is 1. The molecule has 0 saturated carbocycles. The third kappa shape index (κ3) is 3.40. The van der Waals surface area contributed by atoms with E-state index in [1.807, 2.05) is 31.2 Å². The van der Waals surface area contributed by atoms with E-state index in [9.17, 15) is 14.7 Å². The van der Waals surface area contributed by atoms with Crippen LogP contribution in [0.1, 0.15) is 25.8 Å². The van der Waals surface area contributed by atoms with Gasteiger partial charge in [0, 0.05) is 19.0 Å². The summed E-state index contributed by atoms with van der Waals surface area (Å²) in [6.45, 7) is 4.42. The number of hydrogen-bond donors (Lipinski definition) is 1. The number of rotatable bonds is 5. The van der Waals surface area contributed by atoms with Crippen molar-refractivity contribution in [3.8, 4) is 5.75 Å². The number of carboxylic acids is 1. The largest absolute Gasteiger partial charge is 0.497 e. The summed E-state index contributed by atoms with van der Waals surface area (Å²) >= 11 is 0. The molecule has 1 aromatic carbocycles. The van der Waals surface area contributed by atoms with Crippen LogP contribution in [0.5, 0.6) is 5.75 Å². The van der Waals surface area contributed by atoms with E-state index in [2.05, 4.69) is 0 Å². The normalized spacial score (nSPS) is 22.4. The number of amides is 1. The van der Waals surface area contributed by atoms with Crippen molar-refractivity contribution in [1.29, 1.82) is 0 Å². The molecule has 1 heterocycles. The Morgan fingerprint density at radius 1 is 1.36 bits per heavy atom. The molecule has 2 unspecified atom stereocenters. The molecule has 1 aliphatic heterocycles. The molecule has 1 fully saturated rings. The first-order valence-electron chi connectivity index (χ1n) is 7.51. The van der Waals surface area contributed by atoms with Gasteiger partial charge in [-0.15, -0.1) is 0 Å². The number of hydrogen-bond acceptors (Lipinski definition) is 3. The monoisotopic (exact) mass is 305 g/mol. The zero-order valence-electron chi connectivity index (χ0n) is 13.3. The lowest BCUT2D eigenvalue weighted by Gasteiger charge is -2.23. The number of likely N-dealkylation sites (tertiary alicyclic amines) is 1. The molecule has 0 aromatic heterocycles. The summed E-state index contributed by atoms with van der Waals surface area (Å²) in [5.74, 6) is -0.171. The highest BCUT2D eigenvalue weighted by Gasteiger charge is 2.42. The fourth-order valence-corrected chi connectivity index (χ4v) is 2.84. The molecular weight excluding hydrogens is 282 g/mol. The van der Waals surface area contributed by atoms with Crippen LogP contribution in [0.15, 0.2) is 24.3 Å². The van der Waals surface area contributed by atoms with E-state index < -0.39 is 11.4 Å². The lowest BCUT2D eigenvalue weighted by atomic mass is 9.90. The maximum atomic E-state index is 12.5. The third-order valence-corrected chi connectivity index (χ3v) is 4.42. The first-order valence-corrected chi connectivity index (χ1v) is 7.51. The van der Waals surface area contributed by atoms with Crippen molar-refractivity contribution in [2.75, 3.05) is 20.2 Å². The predicted octanol–water partition coefficient (Wildman–Crippen LogP) is 2.20. The topological polar surface area (TPSA) is 66.8 Å². The SMILES string of the molecule is COc1ccc(CC(C)C(=O)N2CCC(C)(C(=O)O)C2)cc1. The first kappa shape index (κ1) is 16.3. The van der Waals surface area contributed by atoms with Gasteiger partial charge < -0.3 is 14.7 Å². The number of carbonyl (C=O) groups excluding carboxylic acids is 1. The average Bonchev–Trinajstić information content (AvgIpc) is 2.91. The molecule has 1 aliphatic rings. The van der Waals surface area contributed by atoms with Crippen LogP contribution >= 0.6 is 0 Å². The van der Waals surface area contributed by atoms with Gasteiger partial charge in [0.25, 0.3) is 0 Å². The molecule has 5 nitrogen and oxygen atoms in total. The van der Waals surface area contributed by atoms with Crippen molar-refractivity contribution < 1.29 is 19.4 Å². The van der Waals surface area contributed by atoms with Gasteiger partial charge in [0.15, 0.2) is 0 Å². The summed E-state index contributed by atoms with van der Waals surface area (Å²) in [6, 6.07) is 7.66. The highest BCUT2D eigenvalue weighted by atomic mass is 16.5. The maximum Gasteiger partial charge on any atom is 0.311 e. The third-order valence-electron chi connectivity index (χ3n) is 4.42. The summed E-state index contributed by atoms with van der Waals surface area (Å²) in [4.78, 5) is 25.4. The Hall–Kier alpha value is -2.04. The van der Waals surface area contributed by atoms with E-state index in [0.717, 1.165) is 11.3 Å². The van der Waals surface area contributed by atoms with Crippen molar-refractivity contribution in [3.05, 3.63) is 29.8 Å². The molecule has 1 amide bonds. The minimum absolute atomic E-state index is 0.0285. The first-order chi connectivity index (χ1) is 10.4. The van der Waals surface area contributed by atoms with Gasteiger partial charge in [-0.3, -0.25) is 9.59 Å². The van der Waals surface area contributed by atoms with Gasteiger partial charge in [-0.05, 0) is 37.5 Å². The fourth-order valence-electron chi connectivity index (χ4n) is 2.84. The smallest absolute Gasteiger partial charge is 0.311 e. The Morgan fingerprint density at radius 3 is 2.50 bits per heavy atom. The van der Waals surface area contributed by atoms with Gasteiger partial charge in [0.05, 0.1) is 12.5 Å². The molecule has 0 aliphatic carbocycles. The van der Waals surface area contributed by atoms with E-state index in [0.29, 0.717) is 25.9 Å². The number of carboxylic acid groups (broad SMARTS) is 1. The van der Waals surface area contributed by atoms with E-state index >= 15 is 0 Å². The summed E-state index contributed by atoms with van der Waals surface area (Å²) < 4.78 is 5.12. The van der Waals surface area contributed by atoms with E-state index in [1.165, 1.54) is 0 Å². The molecule has 120 valence electrons. The van der Waals surface area contributed by atoms with Crippen molar-refractivity contribution in [1.82, 2.24) is 4.90 Å². The van der Waals surface area contributed by atoms with Gasteiger partial charge in [0.1, 0.15) is 5.75 Å². The number of benzene rings is 1. The van der Waals surface area contributed by atoms with Crippen LogP contribution in [0.4, 0.5) is 0 Å². The predicted molar refractivity (Wildman–Crippen MR) is 82.8 cm³/mol. The van der Waals surface area contributed by atoms with Gasteiger partial charge in [-0.25, -0.2) is 0 Å². The molecule has 1 N–H and O–H groups in total. The van der Waals surface area contributed by atoms with E-state index in [-0.39, 0.29) is 11.8 Å². The summed E-state index contributed by atoms with van der Waals surface area (Å²) in [5.41, 5.74) is 0.261. The van der Waals surface area contributed by atoms with Crippen molar-refractivity contribution in [2.45, 2.75) is 26.7 Å². The van der Waals surface area contributed by atoms with Gasteiger partial charge in [-0.2, -0.15) is 0 Å². The van der Waals surface area contributed by atoms with Crippen LogP contribution < -0.4 is 4.74 Å². The number of carbonyl (C=O) groups is 2. The van der Waals surface area contributed by atoms with Crippen LogP contribution in [-0.4, -0.2) is 42.1 Å².